The average molecular weight is 661 g/mol. The summed E-state index contributed by atoms with van der Waals surface area (Å²) in [5.74, 6) is 0. The molecular formula is C50H36O. The zero-order chi connectivity index (χ0) is 41.2. The number of benzene rings is 9. The van der Waals surface area contributed by atoms with Crippen molar-refractivity contribution >= 4 is 64.8 Å². The van der Waals surface area contributed by atoms with Gasteiger partial charge in [-0.2, -0.15) is 0 Å². The van der Waals surface area contributed by atoms with Crippen molar-refractivity contribution in [2.24, 2.45) is 0 Å². The van der Waals surface area contributed by atoms with Crippen LogP contribution in [0.25, 0.3) is 98.2 Å². The molecule has 0 bridgehead atoms. The highest BCUT2D eigenvalue weighted by molar-refractivity contribution is 6.26. The summed E-state index contributed by atoms with van der Waals surface area (Å²) in [6.45, 7) is 6.50. The molecule has 0 radical (unpaired) electrons. The molecule has 0 atom stereocenters. The van der Waals surface area contributed by atoms with E-state index in [-0.39, 0.29) is 51.1 Å². The van der Waals surface area contributed by atoms with E-state index in [1.807, 2.05) is 91.0 Å². The van der Waals surface area contributed by atoms with E-state index < -0.39 is 24.2 Å². The van der Waals surface area contributed by atoms with Crippen LogP contribution in [0.5, 0.6) is 0 Å². The molecule has 0 N–H and O–H groups in total. The van der Waals surface area contributed by atoms with E-state index in [0.29, 0.717) is 22.3 Å². The van der Waals surface area contributed by atoms with E-state index in [1.54, 1.807) is 6.26 Å². The van der Waals surface area contributed by atoms with E-state index >= 15 is 0 Å². The van der Waals surface area contributed by atoms with Crippen LogP contribution < -0.4 is 0 Å². The molecule has 0 amide bonds. The summed E-state index contributed by atoms with van der Waals surface area (Å²) in [6, 6.07) is 33.0. The lowest BCUT2D eigenvalue weighted by Crippen LogP contribution is -2.10. The Morgan fingerprint density at radius 3 is 1.71 bits per heavy atom. The molecular weight excluding hydrogens is 617 g/mol. The Labute approximate surface area is 308 Å². The third-order valence-electron chi connectivity index (χ3n) is 10.4. The Kier molecular flexibility index (Phi) is 4.93. The maximum atomic E-state index is 9.58. The van der Waals surface area contributed by atoms with Gasteiger partial charge >= 0.3 is 0 Å². The largest absolute Gasteiger partial charge is 0.464 e. The molecule has 10 aromatic rings. The van der Waals surface area contributed by atoms with Crippen LogP contribution in [0, 0.1) is 0 Å². The van der Waals surface area contributed by atoms with Gasteiger partial charge in [-0.3, -0.25) is 0 Å². The minimum absolute atomic E-state index is 0.113. The van der Waals surface area contributed by atoms with E-state index in [9.17, 15) is 5.48 Å². The lowest BCUT2D eigenvalue weighted by molar-refractivity contribution is 0.591. The van der Waals surface area contributed by atoms with Crippen molar-refractivity contribution in [3.8, 4) is 33.4 Å². The molecule has 0 saturated carbocycles. The predicted molar refractivity (Wildman–Crippen MR) is 219 cm³/mol. The molecule has 1 aromatic heterocycles. The summed E-state index contributed by atoms with van der Waals surface area (Å²) in [6.07, 6.45) is 1.66. The predicted octanol–water partition coefficient (Wildman–Crippen LogP) is 14.5. The van der Waals surface area contributed by atoms with Gasteiger partial charge < -0.3 is 4.42 Å². The Morgan fingerprint density at radius 2 is 1.02 bits per heavy atom. The van der Waals surface area contributed by atoms with Crippen LogP contribution in [0.4, 0.5) is 0 Å². The van der Waals surface area contributed by atoms with Crippen LogP contribution in [0.1, 0.15) is 37.3 Å². The van der Waals surface area contributed by atoms with Crippen molar-refractivity contribution in [3.05, 3.63) is 169 Å². The van der Waals surface area contributed by atoms with Crippen LogP contribution in [0.2, 0.25) is 0 Å². The molecule has 1 heterocycles. The summed E-state index contributed by atoms with van der Waals surface area (Å²) >= 11 is 0. The molecule has 9 aromatic carbocycles. The Morgan fingerprint density at radius 1 is 0.451 bits per heavy atom. The van der Waals surface area contributed by atoms with Crippen LogP contribution >= 0.6 is 0 Å². The summed E-state index contributed by atoms with van der Waals surface area (Å²) < 4.78 is 80.0. The van der Waals surface area contributed by atoms with Crippen LogP contribution in [0.3, 0.4) is 0 Å². The quantitative estimate of drug-likeness (QED) is 0.136. The Bertz CT molecular complexity index is 3390. The van der Waals surface area contributed by atoms with Crippen molar-refractivity contribution in [1.29, 1.82) is 0 Å². The SMILES string of the molecule is [2H]c1c([2H])c([2H])c2c(-c3cccc4c3ccc3ccc(C(C)(C)C)cc34)c3c([2H])c([2H])c([2H])c([2H])c3c(-c3ccc(-c4ccc5ccoc5c4)c4ccccc34)c2c1[2H]. The monoisotopic (exact) mass is 660 g/mol. The molecule has 51 heavy (non-hydrogen) atoms. The molecule has 0 fully saturated rings. The zero-order valence-corrected chi connectivity index (χ0v) is 28.4. The maximum Gasteiger partial charge on any atom is 0.134 e. The molecule has 0 aliphatic heterocycles. The van der Waals surface area contributed by atoms with Gasteiger partial charge in [0.1, 0.15) is 5.58 Å². The molecule has 0 unspecified atom stereocenters. The third kappa shape index (κ3) is 4.62. The van der Waals surface area contributed by atoms with Crippen molar-refractivity contribution in [3.63, 3.8) is 0 Å². The number of fused-ring (bicyclic) bond motifs is 7. The fourth-order valence-electron chi connectivity index (χ4n) is 7.83. The fraction of sp³-hybridized carbons (Fsp3) is 0.0800. The molecule has 0 aliphatic carbocycles. The minimum Gasteiger partial charge on any atom is -0.464 e. The lowest BCUT2D eigenvalue weighted by Gasteiger charge is -2.21. The van der Waals surface area contributed by atoms with Gasteiger partial charge in [-0.15, -0.1) is 0 Å². The van der Waals surface area contributed by atoms with Crippen LogP contribution in [-0.4, -0.2) is 0 Å². The zero-order valence-electron chi connectivity index (χ0n) is 36.4. The van der Waals surface area contributed by atoms with Gasteiger partial charge in [-0.25, -0.2) is 0 Å². The van der Waals surface area contributed by atoms with Gasteiger partial charge in [0.15, 0.2) is 0 Å². The van der Waals surface area contributed by atoms with Crippen molar-refractivity contribution in [1.82, 2.24) is 0 Å². The number of hydrogen-bond acceptors (Lipinski definition) is 1. The molecule has 0 saturated heterocycles. The molecule has 1 heteroatoms. The van der Waals surface area contributed by atoms with Gasteiger partial charge in [-0.1, -0.05) is 166 Å². The van der Waals surface area contributed by atoms with Gasteiger partial charge in [0, 0.05) is 5.39 Å². The van der Waals surface area contributed by atoms with E-state index in [4.69, 9.17) is 9.90 Å². The fourth-order valence-corrected chi connectivity index (χ4v) is 7.83. The Hall–Kier alpha value is -6.18. The Balaban J connectivity index is 1.41. The van der Waals surface area contributed by atoms with E-state index in [2.05, 4.69) is 39.0 Å². The lowest BCUT2D eigenvalue weighted by atomic mass is 9.82. The first-order valence-corrected chi connectivity index (χ1v) is 17.2. The highest BCUT2D eigenvalue weighted by Crippen LogP contribution is 2.48. The van der Waals surface area contributed by atoms with Gasteiger partial charge in [0.2, 0.25) is 0 Å². The van der Waals surface area contributed by atoms with Crippen LogP contribution in [0.15, 0.2) is 168 Å². The second kappa shape index (κ2) is 11.2. The average Bonchev–Trinajstić information content (AvgIpc) is 3.72. The van der Waals surface area contributed by atoms with E-state index in [1.165, 1.54) is 0 Å². The van der Waals surface area contributed by atoms with Crippen molar-refractivity contribution < 1.29 is 15.4 Å². The standard InChI is InChI=1S/C50H36O/c1-50(2,3)34-23-21-31-22-24-39-38(46(31)30-34)17-10-18-40(39)48-41-13-6-8-15-43(41)49(44-16-9-7-14-42(44)48)45-26-25-35(36-11-4-5-12-37(36)45)33-20-19-32-27-28-51-47(32)29-33/h4-30H,1-3H3/i6D,7D,8D,9D,13D,14D,15D,16D. The van der Waals surface area contributed by atoms with Gasteiger partial charge in [0.25, 0.3) is 0 Å². The molecule has 10 rings (SSSR count). The first kappa shape index (κ1) is 22.5. The van der Waals surface area contributed by atoms with Crippen molar-refractivity contribution in [2.45, 2.75) is 26.2 Å². The third-order valence-corrected chi connectivity index (χ3v) is 10.4. The second-order valence-corrected chi connectivity index (χ2v) is 14.3. The van der Waals surface area contributed by atoms with Gasteiger partial charge in [-0.05, 0) is 110 Å². The first-order chi connectivity index (χ1) is 28.3. The normalized spacial score (nSPS) is 14.4. The van der Waals surface area contributed by atoms with E-state index in [0.717, 1.165) is 60.0 Å². The highest BCUT2D eigenvalue weighted by atomic mass is 16.3. The maximum absolute atomic E-state index is 9.58. The first-order valence-electron chi connectivity index (χ1n) is 21.2. The molecule has 0 aliphatic rings. The van der Waals surface area contributed by atoms with Crippen molar-refractivity contribution in [2.75, 3.05) is 0 Å². The smallest absolute Gasteiger partial charge is 0.134 e. The van der Waals surface area contributed by atoms with Gasteiger partial charge in [0.05, 0.1) is 17.2 Å². The molecule has 242 valence electrons. The summed E-state index contributed by atoms with van der Waals surface area (Å²) in [7, 11) is 0. The molecule has 1 nitrogen and oxygen atoms in total. The summed E-state index contributed by atoms with van der Waals surface area (Å²) in [5.41, 5.74) is 5.46. The number of hydrogen-bond donors (Lipinski definition) is 0. The second-order valence-electron chi connectivity index (χ2n) is 14.3. The number of rotatable bonds is 3. The topological polar surface area (TPSA) is 13.1 Å². The highest BCUT2D eigenvalue weighted by Gasteiger charge is 2.21. The summed E-state index contributed by atoms with van der Waals surface area (Å²) in [4.78, 5) is 0. The van der Waals surface area contributed by atoms with Crippen LogP contribution in [-0.2, 0) is 5.41 Å². The number of furan rings is 1. The minimum atomic E-state index is -0.429. The molecule has 0 spiro atoms. The summed E-state index contributed by atoms with van der Waals surface area (Å²) in [5, 5.41) is 7.12.